The minimum atomic E-state index is -0.407. The predicted octanol–water partition coefficient (Wildman–Crippen LogP) is 3.28. The first-order valence-electron chi connectivity index (χ1n) is 7.98. The van der Waals surface area contributed by atoms with Crippen molar-refractivity contribution in [3.63, 3.8) is 0 Å². The van der Waals surface area contributed by atoms with Gasteiger partial charge in [0.2, 0.25) is 0 Å². The third-order valence-corrected chi connectivity index (χ3v) is 5.03. The van der Waals surface area contributed by atoms with Gasteiger partial charge in [0.15, 0.2) is 11.5 Å². The highest BCUT2D eigenvalue weighted by atomic mass is 35.5. The Labute approximate surface area is 147 Å². The summed E-state index contributed by atoms with van der Waals surface area (Å²) in [5.74, 6) is 1.14. The molecular weight excluding hydrogens is 326 g/mol. The number of aliphatic hydroxyl groups excluding tert-OH is 1. The van der Waals surface area contributed by atoms with E-state index in [1.54, 1.807) is 14.2 Å². The number of hydrogen-bond donors (Lipinski definition) is 2. The summed E-state index contributed by atoms with van der Waals surface area (Å²) < 4.78 is 10.6. The molecule has 0 fully saturated rings. The summed E-state index contributed by atoms with van der Waals surface area (Å²) in [6.07, 6.45) is 1.85. The standard InChI is InChI=1S/C19H22ClNO3/c1-23-17-10-13(9-16(20)18(17)24-2)11-21-19(12-22)8-7-14-5-3-4-6-15(14)19/h3-6,9-10,21-22H,7-8,11-12H2,1-2H3/t19-/m0/s1. The highest BCUT2D eigenvalue weighted by Gasteiger charge is 2.37. The van der Waals surface area contributed by atoms with Crippen molar-refractivity contribution < 1.29 is 14.6 Å². The average Bonchev–Trinajstić information content (AvgIpc) is 2.99. The number of aliphatic hydroxyl groups is 1. The number of methoxy groups -OCH3 is 2. The van der Waals surface area contributed by atoms with Crippen molar-refractivity contribution in [3.05, 3.63) is 58.1 Å². The molecule has 0 saturated heterocycles. The van der Waals surface area contributed by atoms with Crippen LogP contribution in [-0.2, 0) is 18.5 Å². The second-order valence-electron chi connectivity index (χ2n) is 6.06. The zero-order valence-electron chi connectivity index (χ0n) is 13.9. The van der Waals surface area contributed by atoms with Crippen molar-refractivity contribution in [2.75, 3.05) is 20.8 Å². The molecule has 0 radical (unpaired) electrons. The molecule has 1 atom stereocenters. The van der Waals surface area contributed by atoms with Crippen LogP contribution in [0, 0.1) is 0 Å². The van der Waals surface area contributed by atoms with E-state index in [0.717, 1.165) is 18.4 Å². The smallest absolute Gasteiger partial charge is 0.179 e. The van der Waals surface area contributed by atoms with Crippen LogP contribution in [0.1, 0.15) is 23.1 Å². The van der Waals surface area contributed by atoms with E-state index < -0.39 is 5.54 Å². The van der Waals surface area contributed by atoms with Crippen molar-refractivity contribution in [2.45, 2.75) is 24.9 Å². The lowest BCUT2D eigenvalue weighted by Crippen LogP contribution is -2.43. The van der Waals surface area contributed by atoms with Gasteiger partial charge in [-0.05, 0) is 41.7 Å². The van der Waals surface area contributed by atoms with Gasteiger partial charge in [0.05, 0.1) is 31.4 Å². The maximum Gasteiger partial charge on any atom is 0.179 e. The van der Waals surface area contributed by atoms with Crippen molar-refractivity contribution in [1.82, 2.24) is 5.32 Å². The van der Waals surface area contributed by atoms with E-state index in [2.05, 4.69) is 17.4 Å². The number of rotatable bonds is 6. The highest BCUT2D eigenvalue weighted by molar-refractivity contribution is 6.32. The summed E-state index contributed by atoms with van der Waals surface area (Å²) in [5, 5.41) is 14.1. The van der Waals surface area contributed by atoms with Crippen LogP contribution in [0.3, 0.4) is 0 Å². The van der Waals surface area contributed by atoms with Gasteiger partial charge in [0.1, 0.15) is 0 Å². The van der Waals surface area contributed by atoms with Crippen LogP contribution < -0.4 is 14.8 Å². The summed E-state index contributed by atoms with van der Waals surface area (Å²) in [4.78, 5) is 0. The summed E-state index contributed by atoms with van der Waals surface area (Å²) in [7, 11) is 3.16. The van der Waals surface area contributed by atoms with Crippen molar-refractivity contribution in [2.24, 2.45) is 0 Å². The molecule has 0 spiro atoms. The van der Waals surface area contributed by atoms with Crippen LogP contribution in [0.25, 0.3) is 0 Å². The molecule has 128 valence electrons. The Morgan fingerprint density at radius 2 is 2.00 bits per heavy atom. The minimum Gasteiger partial charge on any atom is -0.493 e. The topological polar surface area (TPSA) is 50.7 Å². The fourth-order valence-electron chi connectivity index (χ4n) is 3.44. The molecule has 0 bridgehead atoms. The first kappa shape index (κ1) is 17.1. The minimum absolute atomic E-state index is 0.0606. The van der Waals surface area contributed by atoms with Crippen LogP contribution in [0.15, 0.2) is 36.4 Å². The molecule has 0 aromatic heterocycles. The number of ether oxygens (including phenoxy) is 2. The zero-order valence-corrected chi connectivity index (χ0v) is 14.7. The third kappa shape index (κ3) is 2.97. The Morgan fingerprint density at radius 1 is 1.21 bits per heavy atom. The molecule has 2 aromatic carbocycles. The van der Waals surface area contributed by atoms with Gasteiger partial charge in [-0.15, -0.1) is 0 Å². The maximum absolute atomic E-state index is 10.0. The summed E-state index contributed by atoms with van der Waals surface area (Å²) in [6.45, 7) is 0.639. The van der Waals surface area contributed by atoms with E-state index in [9.17, 15) is 5.11 Å². The number of fused-ring (bicyclic) bond motifs is 1. The molecule has 0 heterocycles. The van der Waals surface area contributed by atoms with Crippen molar-refractivity contribution in [1.29, 1.82) is 0 Å². The van der Waals surface area contributed by atoms with E-state index in [0.29, 0.717) is 23.1 Å². The summed E-state index contributed by atoms with van der Waals surface area (Å²) in [5.41, 5.74) is 3.05. The second-order valence-corrected chi connectivity index (χ2v) is 6.47. The Morgan fingerprint density at radius 3 is 2.71 bits per heavy atom. The number of aryl methyl sites for hydroxylation is 1. The van der Waals surface area contributed by atoms with Gasteiger partial charge >= 0.3 is 0 Å². The second kappa shape index (κ2) is 7.01. The molecule has 24 heavy (non-hydrogen) atoms. The maximum atomic E-state index is 10.0. The number of nitrogens with one attached hydrogen (secondary N) is 1. The molecule has 0 unspecified atom stereocenters. The monoisotopic (exact) mass is 347 g/mol. The van der Waals surface area contributed by atoms with Gasteiger partial charge in [0.25, 0.3) is 0 Å². The lowest BCUT2D eigenvalue weighted by atomic mass is 9.92. The van der Waals surface area contributed by atoms with E-state index in [1.807, 2.05) is 24.3 Å². The fourth-order valence-corrected chi connectivity index (χ4v) is 3.75. The van der Waals surface area contributed by atoms with Gasteiger partial charge in [-0.25, -0.2) is 0 Å². The quantitative estimate of drug-likeness (QED) is 0.842. The molecule has 4 nitrogen and oxygen atoms in total. The fraction of sp³-hybridized carbons (Fsp3) is 0.368. The zero-order chi connectivity index (χ0) is 17.2. The van der Waals surface area contributed by atoms with Crippen LogP contribution in [-0.4, -0.2) is 25.9 Å². The van der Waals surface area contributed by atoms with Gasteiger partial charge in [-0.2, -0.15) is 0 Å². The van der Waals surface area contributed by atoms with Gasteiger partial charge in [-0.1, -0.05) is 35.9 Å². The van der Waals surface area contributed by atoms with Gasteiger partial charge in [-0.3, -0.25) is 0 Å². The van der Waals surface area contributed by atoms with Crippen molar-refractivity contribution >= 4 is 11.6 Å². The lowest BCUT2D eigenvalue weighted by molar-refractivity contribution is 0.159. The van der Waals surface area contributed by atoms with Gasteiger partial charge < -0.3 is 19.9 Å². The van der Waals surface area contributed by atoms with E-state index in [1.165, 1.54) is 11.1 Å². The number of halogens is 1. The molecule has 0 saturated carbocycles. The normalized spacial score (nSPS) is 19.2. The predicted molar refractivity (Wildman–Crippen MR) is 94.9 cm³/mol. The molecular formula is C19H22ClNO3. The van der Waals surface area contributed by atoms with E-state index in [-0.39, 0.29) is 6.61 Å². The molecule has 1 aliphatic carbocycles. The number of hydrogen-bond acceptors (Lipinski definition) is 4. The number of benzene rings is 2. The molecule has 0 aliphatic heterocycles. The Bertz CT molecular complexity index is 735. The molecule has 1 aliphatic rings. The molecule has 0 amide bonds. The summed E-state index contributed by atoms with van der Waals surface area (Å²) >= 11 is 6.28. The molecule has 5 heteroatoms. The third-order valence-electron chi connectivity index (χ3n) is 4.75. The van der Waals surface area contributed by atoms with Crippen LogP contribution in [0.2, 0.25) is 5.02 Å². The Kier molecular flexibility index (Phi) is 4.99. The van der Waals surface area contributed by atoms with Gasteiger partial charge in [0, 0.05) is 6.54 Å². The first-order valence-corrected chi connectivity index (χ1v) is 8.36. The summed E-state index contributed by atoms with van der Waals surface area (Å²) in [6, 6.07) is 12.0. The Hall–Kier alpha value is -1.75. The SMILES string of the molecule is COc1cc(CN[C@]2(CO)CCc3ccccc32)cc(Cl)c1OC. The highest BCUT2D eigenvalue weighted by Crippen LogP contribution is 2.38. The largest absolute Gasteiger partial charge is 0.493 e. The van der Waals surface area contributed by atoms with E-state index in [4.69, 9.17) is 21.1 Å². The molecule has 2 N–H and O–H groups in total. The van der Waals surface area contributed by atoms with Crippen molar-refractivity contribution in [3.8, 4) is 11.5 Å². The first-order chi connectivity index (χ1) is 11.6. The molecule has 2 aromatic rings. The molecule has 3 rings (SSSR count). The van der Waals surface area contributed by atoms with E-state index >= 15 is 0 Å². The van der Waals surface area contributed by atoms with Crippen LogP contribution in [0.4, 0.5) is 0 Å². The Balaban J connectivity index is 1.84. The average molecular weight is 348 g/mol. The van der Waals surface area contributed by atoms with Crippen LogP contribution >= 0.6 is 11.6 Å². The van der Waals surface area contributed by atoms with Crippen LogP contribution in [0.5, 0.6) is 11.5 Å². The lowest BCUT2D eigenvalue weighted by Gasteiger charge is -2.30.